The maximum atomic E-state index is 11.1. The van der Waals surface area contributed by atoms with Crippen molar-refractivity contribution >= 4 is 11.9 Å². The molecule has 5 heteroatoms. The summed E-state index contributed by atoms with van der Waals surface area (Å²) < 4.78 is 14.6. The fourth-order valence-electron chi connectivity index (χ4n) is 0.882. The molecule has 0 aliphatic heterocycles. The molecule has 0 aliphatic carbocycles. The molecule has 0 fully saturated rings. The number of methoxy groups -OCH3 is 1. The van der Waals surface area contributed by atoms with Crippen LogP contribution in [0.1, 0.15) is 20.3 Å². The monoisotopic (exact) mass is 244 g/mol. The highest BCUT2D eigenvalue weighted by atomic mass is 16.5. The Kier molecular flexibility index (Phi) is 8.05. The second kappa shape index (κ2) is 8.75. The van der Waals surface area contributed by atoms with Crippen LogP contribution in [0.3, 0.4) is 0 Å². The van der Waals surface area contributed by atoms with E-state index in [9.17, 15) is 9.59 Å². The Morgan fingerprint density at radius 3 is 2.35 bits per heavy atom. The van der Waals surface area contributed by atoms with E-state index in [4.69, 9.17) is 14.2 Å². The number of ether oxygens (including phenoxy) is 3. The summed E-state index contributed by atoms with van der Waals surface area (Å²) in [6.07, 6.45) is 0.231. The van der Waals surface area contributed by atoms with E-state index in [0.717, 1.165) is 0 Å². The number of esters is 2. The maximum Gasteiger partial charge on any atom is 0.333 e. The van der Waals surface area contributed by atoms with Crippen molar-refractivity contribution in [2.45, 2.75) is 20.3 Å². The molecule has 0 saturated carbocycles. The quantitative estimate of drug-likeness (QED) is 0.476. The first-order valence-electron chi connectivity index (χ1n) is 5.44. The third-order valence-corrected chi connectivity index (χ3v) is 1.89. The van der Waals surface area contributed by atoms with Crippen molar-refractivity contribution in [2.24, 2.45) is 5.92 Å². The highest BCUT2D eigenvalue weighted by Crippen LogP contribution is 2.01. The zero-order valence-electron chi connectivity index (χ0n) is 10.7. The molecule has 5 nitrogen and oxygen atoms in total. The van der Waals surface area contributed by atoms with Crippen LogP contribution in [-0.2, 0) is 23.8 Å². The highest BCUT2D eigenvalue weighted by molar-refractivity contribution is 5.86. The van der Waals surface area contributed by atoms with Gasteiger partial charge in [-0.1, -0.05) is 13.5 Å². The van der Waals surface area contributed by atoms with E-state index in [1.54, 1.807) is 6.92 Å². The van der Waals surface area contributed by atoms with E-state index in [1.165, 1.54) is 7.11 Å². The van der Waals surface area contributed by atoms with Gasteiger partial charge in [0.15, 0.2) is 0 Å². The van der Waals surface area contributed by atoms with Gasteiger partial charge >= 0.3 is 11.9 Å². The zero-order valence-corrected chi connectivity index (χ0v) is 10.7. The lowest BCUT2D eigenvalue weighted by Crippen LogP contribution is -2.19. The van der Waals surface area contributed by atoms with Crippen LogP contribution >= 0.6 is 0 Å². The molecule has 1 atom stereocenters. The molecular weight excluding hydrogens is 224 g/mol. The van der Waals surface area contributed by atoms with Crippen molar-refractivity contribution in [1.82, 2.24) is 0 Å². The SMILES string of the molecule is C=C(C)C(=O)OCC(C)COC(=O)CCOC. The smallest absolute Gasteiger partial charge is 0.333 e. The van der Waals surface area contributed by atoms with Crippen molar-refractivity contribution in [1.29, 1.82) is 0 Å². The van der Waals surface area contributed by atoms with Crippen molar-refractivity contribution < 1.29 is 23.8 Å². The molecule has 0 N–H and O–H groups in total. The Morgan fingerprint density at radius 1 is 1.24 bits per heavy atom. The molecule has 98 valence electrons. The van der Waals surface area contributed by atoms with Crippen LogP contribution in [0.2, 0.25) is 0 Å². The van der Waals surface area contributed by atoms with Gasteiger partial charge in [0.2, 0.25) is 0 Å². The van der Waals surface area contributed by atoms with Gasteiger partial charge in [0.25, 0.3) is 0 Å². The Hall–Kier alpha value is -1.36. The summed E-state index contributed by atoms with van der Waals surface area (Å²) in [6, 6.07) is 0. The Bertz CT molecular complexity index is 272. The molecule has 0 spiro atoms. The molecule has 0 aromatic heterocycles. The lowest BCUT2D eigenvalue weighted by Gasteiger charge is -2.12. The topological polar surface area (TPSA) is 61.8 Å². The van der Waals surface area contributed by atoms with Crippen LogP contribution in [-0.4, -0.2) is 38.9 Å². The van der Waals surface area contributed by atoms with Crippen LogP contribution in [0.5, 0.6) is 0 Å². The maximum absolute atomic E-state index is 11.1. The van der Waals surface area contributed by atoms with Gasteiger partial charge in [0.1, 0.15) is 0 Å². The first-order valence-corrected chi connectivity index (χ1v) is 5.44. The lowest BCUT2D eigenvalue weighted by molar-refractivity contribution is -0.147. The molecule has 0 aromatic rings. The van der Waals surface area contributed by atoms with Gasteiger partial charge in [-0.3, -0.25) is 4.79 Å². The highest BCUT2D eigenvalue weighted by Gasteiger charge is 2.10. The minimum atomic E-state index is -0.428. The Morgan fingerprint density at radius 2 is 1.82 bits per heavy atom. The van der Waals surface area contributed by atoms with Gasteiger partial charge in [0, 0.05) is 18.6 Å². The predicted molar refractivity (Wildman–Crippen MR) is 62.4 cm³/mol. The molecular formula is C12H20O5. The number of hydrogen-bond acceptors (Lipinski definition) is 5. The van der Waals surface area contributed by atoms with Crippen LogP contribution in [0.4, 0.5) is 0 Å². The number of hydrogen-bond donors (Lipinski definition) is 0. The molecule has 0 saturated heterocycles. The number of carbonyl (C=O) groups is 2. The van der Waals surface area contributed by atoms with Crippen LogP contribution in [0.25, 0.3) is 0 Å². The molecule has 0 amide bonds. The van der Waals surface area contributed by atoms with Crippen molar-refractivity contribution in [3.05, 3.63) is 12.2 Å². The van der Waals surface area contributed by atoms with E-state index < -0.39 is 5.97 Å². The Labute approximate surface area is 102 Å². The van der Waals surface area contributed by atoms with Crippen molar-refractivity contribution in [3.8, 4) is 0 Å². The largest absolute Gasteiger partial charge is 0.465 e. The molecule has 17 heavy (non-hydrogen) atoms. The summed E-state index contributed by atoms with van der Waals surface area (Å²) in [5.74, 6) is -0.780. The van der Waals surface area contributed by atoms with Crippen LogP contribution in [0.15, 0.2) is 12.2 Å². The minimum Gasteiger partial charge on any atom is -0.465 e. The van der Waals surface area contributed by atoms with Gasteiger partial charge < -0.3 is 14.2 Å². The average Bonchev–Trinajstić information content (AvgIpc) is 2.30. The van der Waals surface area contributed by atoms with Crippen molar-refractivity contribution in [2.75, 3.05) is 26.9 Å². The fraction of sp³-hybridized carbons (Fsp3) is 0.667. The molecule has 0 radical (unpaired) electrons. The summed E-state index contributed by atoms with van der Waals surface area (Å²) in [6.45, 7) is 7.66. The normalized spacial score (nSPS) is 11.7. The second-order valence-corrected chi connectivity index (χ2v) is 3.91. The third kappa shape index (κ3) is 8.45. The molecule has 1 unspecified atom stereocenters. The standard InChI is InChI=1S/C12H20O5/c1-9(2)12(14)17-8-10(3)7-16-11(13)5-6-15-4/h10H,1,5-8H2,2-4H3. The zero-order chi connectivity index (χ0) is 13.3. The van der Waals surface area contributed by atoms with E-state index >= 15 is 0 Å². The predicted octanol–water partition coefficient (Wildman–Crippen LogP) is 1.32. The van der Waals surface area contributed by atoms with E-state index in [1.807, 2.05) is 6.92 Å². The summed E-state index contributed by atoms with van der Waals surface area (Å²) in [7, 11) is 1.52. The fourth-order valence-corrected chi connectivity index (χ4v) is 0.882. The first-order chi connectivity index (χ1) is 7.97. The Balaban J connectivity index is 3.65. The third-order valence-electron chi connectivity index (χ3n) is 1.89. The minimum absolute atomic E-state index is 0.0372. The number of carbonyl (C=O) groups excluding carboxylic acids is 2. The summed E-state index contributed by atoms with van der Waals surface area (Å²) in [5.41, 5.74) is 0.356. The van der Waals surface area contributed by atoms with Gasteiger partial charge in [0.05, 0.1) is 26.2 Å². The van der Waals surface area contributed by atoms with Crippen molar-refractivity contribution in [3.63, 3.8) is 0 Å². The molecule has 0 rings (SSSR count). The van der Waals surface area contributed by atoms with Gasteiger partial charge in [-0.15, -0.1) is 0 Å². The summed E-state index contributed by atoms with van der Waals surface area (Å²) in [5, 5.41) is 0. The molecule has 0 bridgehead atoms. The van der Waals surface area contributed by atoms with E-state index in [0.29, 0.717) is 12.2 Å². The molecule has 0 aromatic carbocycles. The van der Waals surface area contributed by atoms with Crippen LogP contribution < -0.4 is 0 Å². The molecule has 0 aliphatic rings. The van der Waals surface area contributed by atoms with Gasteiger partial charge in [-0.05, 0) is 6.92 Å². The average molecular weight is 244 g/mol. The summed E-state index contributed by atoms with van der Waals surface area (Å²) in [4.78, 5) is 22.2. The van der Waals surface area contributed by atoms with E-state index in [2.05, 4.69) is 6.58 Å². The number of rotatable bonds is 8. The first kappa shape index (κ1) is 15.6. The van der Waals surface area contributed by atoms with Crippen LogP contribution in [0, 0.1) is 5.92 Å². The van der Waals surface area contributed by atoms with E-state index in [-0.39, 0.29) is 31.5 Å². The van der Waals surface area contributed by atoms with Gasteiger partial charge in [-0.2, -0.15) is 0 Å². The molecule has 0 heterocycles. The second-order valence-electron chi connectivity index (χ2n) is 3.91. The summed E-state index contributed by atoms with van der Waals surface area (Å²) >= 11 is 0. The van der Waals surface area contributed by atoms with Gasteiger partial charge in [-0.25, -0.2) is 4.79 Å². The lowest BCUT2D eigenvalue weighted by atomic mass is 10.2.